The zero-order valence-electron chi connectivity index (χ0n) is 20.2. The Morgan fingerprint density at radius 3 is 2.35 bits per heavy atom. The minimum atomic E-state index is -0.865. The molecule has 0 spiro atoms. The molecule has 182 valence electrons. The molecule has 2 atom stereocenters. The summed E-state index contributed by atoms with van der Waals surface area (Å²) in [6.07, 6.45) is 9.31. The van der Waals surface area contributed by atoms with Crippen LogP contribution in [0.2, 0.25) is 0 Å². The van der Waals surface area contributed by atoms with E-state index in [0.717, 1.165) is 49.8 Å². The molecule has 0 aromatic heterocycles. The van der Waals surface area contributed by atoms with Crippen LogP contribution >= 0.6 is 0 Å². The smallest absolute Gasteiger partial charge is 0.329 e. The highest BCUT2D eigenvalue weighted by Gasteiger charge is 2.57. The fourth-order valence-corrected chi connectivity index (χ4v) is 8.22. The number of likely N-dealkylation sites (tertiary alicyclic amines) is 1. The van der Waals surface area contributed by atoms with E-state index in [1.54, 1.807) is 11.8 Å². The van der Waals surface area contributed by atoms with E-state index in [1.807, 2.05) is 23.1 Å². The minimum Gasteiger partial charge on any atom is -0.451 e. The summed E-state index contributed by atoms with van der Waals surface area (Å²) in [5.41, 5.74) is 1.82. The maximum Gasteiger partial charge on any atom is 0.329 e. The van der Waals surface area contributed by atoms with Gasteiger partial charge >= 0.3 is 5.97 Å². The number of nitrogens with zero attached hydrogens (tertiary/aromatic N) is 2. The van der Waals surface area contributed by atoms with Gasteiger partial charge in [-0.2, -0.15) is 0 Å². The first kappa shape index (κ1) is 22.1. The largest absolute Gasteiger partial charge is 0.451 e. The van der Waals surface area contributed by atoms with Crippen LogP contribution < -0.4 is 4.90 Å². The van der Waals surface area contributed by atoms with Crippen molar-refractivity contribution >= 4 is 23.5 Å². The highest BCUT2D eigenvalue weighted by Crippen LogP contribution is 2.60. The molecule has 6 heteroatoms. The molecule has 0 radical (unpaired) electrons. The van der Waals surface area contributed by atoms with Gasteiger partial charge in [0, 0.05) is 18.8 Å². The second-order valence-electron chi connectivity index (χ2n) is 11.7. The molecule has 4 bridgehead atoms. The van der Waals surface area contributed by atoms with E-state index in [1.165, 1.54) is 19.3 Å². The molecule has 5 fully saturated rings. The Morgan fingerprint density at radius 2 is 1.65 bits per heavy atom. The van der Waals surface area contributed by atoms with Crippen LogP contribution in [0.25, 0.3) is 0 Å². The molecule has 2 heterocycles. The summed E-state index contributed by atoms with van der Waals surface area (Å²) in [5, 5.41) is 0. The quantitative estimate of drug-likeness (QED) is 0.629. The average molecular weight is 465 g/mol. The van der Waals surface area contributed by atoms with Gasteiger partial charge in [-0.25, -0.2) is 4.79 Å². The van der Waals surface area contributed by atoms with Crippen molar-refractivity contribution in [3.05, 3.63) is 29.8 Å². The molecule has 2 aliphatic heterocycles. The third-order valence-electron chi connectivity index (χ3n) is 9.29. The van der Waals surface area contributed by atoms with Crippen LogP contribution in [0.5, 0.6) is 0 Å². The molecule has 1 aromatic rings. The number of rotatable bonds is 4. The summed E-state index contributed by atoms with van der Waals surface area (Å²) in [5.74, 6) is 1.66. The molecule has 4 saturated carbocycles. The number of hydrogen-bond acceptors (Lipinski definition) is 4. The van der Waals surface area contributed by atoms with Gasteiger partial charge in [-0.05, 0) is 101 Å². The van der Waals surface area contributed by atoms with Crippen LogP contribution in [-0.2, 0) is 25.5 Å². The second kappa shape index (κ2) is 8.39. The van der Waals surface area contributed by atoms with Crippen LogP contribution in [-0.4, -0.2) is 47.9 Å². The molecule has 2 amide bonds. The number of hydrogen-bond donors (Lipinski definition) is 0. The predicted molar refractivity (Wildman–Crippen MR) is 128 cm³/mol. The molecule has 4 aliphatic carbocycles. The Balaban J connectivity index is 1.14. The molecule has 6 nitrogen and oxygen atoms in total. The Kier molecular flexibility index (Phi) is 5.45. The second-order valence-corrected chi connectivity index (χ2v) is 11.7. The number of benzene rings is 1. The van der Waals surface area contributed by atoms with Gasteiger partial charge in [0.2, 0.25) is 5.91 Å². The zero-order valence-corrected chi connectivity index (χ0v) is 20.2. The molecule has 7 rings (SSSR count). The number of ether oxygens (including phenoxy) is 1. The van der Waals surface area contributed by atoms with Crippen molar-refractivity contribution in [3.63, 3.8) is 0 Å². The van der Waals surface area contributed by atoms with Gasteiger partial charge in [0.05, 0.1) is 5.41 Å². The lowest BCUT2D eigenvalue weighted by Gasteiger charge is -2.56. The first-order valence-electron chi connectivity index (χ1n) is 13.3. The number of aryl methyl sites for hydroxylation is 1. The molecule has 34 heavy (non-hydrogen) atoms. The minimum absolute atomic E-state index is 0.183. The summed E-state index contributed by atoms with van der Waals surface area (Å²) in [4.78, 5) is 43.9. The van der Waals surface area contributed by atoms with E-state index in [0.29, 0.717) is 37.3 Å². The van der Waals surface area contributed by atoms with Crippen molar-refractivity contribution in [2.45, 2.75) is 83.3 Å². The van der Waals surface area contributed by atoms with E-state index in [4.69, 9.17) is 4.74 Å². The summed E-state index contributed by atoms with van der Waals surface area (Å²) in [6.45, 7) is 2.93. The van der Waals surface area contributed by atoms with Gasteiger partial charge < -0.3 is 14.5 Å². The zero-order chi connectivity index (χ0) is 23.4. The first-order valence-corrected chi connectivity index (χ1v) is 13.3. The van der Waals surface area contributed by atoms with E-state index >= 15 is 0 Å². The maximum absolute atomic E-state index is 13.9. The summed E-state index contributed by atoms with van der Waals surface area (Å²) in [7, 11) is 0. The molecular formula is C28H36N2O4. The van der Waals surface area contributed by atoms with Gasteiger partial charge in [0.15, 0.2) is 6.10 Å². The van der Waals surface area contributed by atoms with Crippen LogP contribution in [0.1, 0.15) is 70.3 Å². The van der Waals surface area contributed by atoms with Crippen molar-refractivity contribution in [2.24, 2.45) is 23.2 Å². The Labute approximate surface area is 202 Å². The van der Waals surface area contributed by atoms with Crippen molar-refractivity contribution in [1.29, 1.82) is 0 Å². The fraction of sp³-hybridized carbons (Fsp3) is 0.679. The maximum atomic E-state index is 13.9. The fourth-order valence-electron chi connectivity index (χ4n) is 8.22. The topological polar surface area (TPSA) is 66.9 Å². The predicted octanol–water partition coefficient (Wildman–Crippen LogP) is 4.10. The number of amides is 2. The molecule has 0 unspecified atom stereocenters. The van der Waals surface area contributed by atoms with E-state index in [-0.39, 0.29) is 17.2 Å². The Hall–Kier alpha value is -2.37. The van der Waals surface area contributed by atoms with E-state index in [9.17, 15) is 14.4 Å². The van der Waals surface area contributed by atoms with Gasteiger partial charge in [-0.1, -0.05) is 18.2 Å². The summed E-state index contributed by atoms with van der Waals surface area (Å²) < 4.78 is 5.74. The van der Waals surface area contributed by atoms with E-state index < -0.39 is 18.1 Å². The number of para-hydroxylation sites is 1. The number of fused-ring (bicyclic) bond motifs is 1. The Bertz CT molecular complexity index is 969. The lowest BCUT2D eigenvalue weighted by Crippen LogP contribution is -2.56. The number of esters is 1. The highest BCUT2D eigenvalue weighted by atomic mass is 16.5. The summed E-state index contributed by atoms with van der Waals surface area (Å²) in [6, 6.07) is 7.39. The lowest BCUT2D eigenvalue weighted by atomic mass is 9.49. The van der Waals surface area contributed by atoms with Gasteiger partial charge in [0.1, 0.15) is 6.04 Å². The van der Waals surface area contributed by atoms with Crippen LogP contribution in [0.15, 0.2) is 24.3 Å². The van der Waals surface area contributed by atoms with Crippen LogP contribution in [0.3, 0.4) is 0 Å². The standard InChI is InChI=1S/C28H36N2O4/c1-18(25(31)29-10-4-7-22-6-2-3-8-23(22)29)34-26(32)24-9-5-11-30(24)27(33)28-15-19-12-20(16-28)14-21(13-19)17-28/h2-3,6,8,18-21,24H,4-5,7,9-17H2,1H3/t18-,19?,20?,21?,24-,28?/m0/s1. The molecular weight excluding hydrogens is 428 g/mol. The molecule has 6 aliphatic rings. The van der Waals surface area contributed by atoms with Crippen molar-refractivity contribution in [2.75, 3.05) is 18.0 Å². The normalized spacial score (nSPS) is 34.6. The number of carbonyl (C=O) groups excluding carboxylic acids is 3. The van der Waals surface area contributed by atoms with Gasteiger partial charge in [-0.3, -0.25) is 9.59 Å². The van der Waals surface area contributed by atoms with Crippen LogP contribution in [0.4, 0.5) is 5.69 Å². The number of carbonyl (C=O) groups is 3. The van der Waals surface area contributed by atoms with Crippen molar-refractivity contribution in [1.82, 2.24) is 4.90 Å². The monoisotopic (exact) mass is 464 g/mol. The first-order chi connectivity index (χ1) is 16.4. The van der Waals surface area contributed by atoms with E-state index in [2.05, 4.69) is 6.07 Å². The van der Waals surface area contributed by atoms with Crippen LogP contribution in [0, 0.1) is 23.2 Å². The van der Waals surface area contributed by atoms with Crippen molar-refractivity contribution in [3.8, 4) is 0 Å². The Morgan fingerprint density at radius 1 is 0.971 bits per heavy atom. The molecule has 1 saturated heterocycles. The lowest BCUT2D eigenvalue weighted by molar-refractivity contribution is -0.168. The third-order valence-corrected chi connectivity index (χ3v) is 9.29. The summed E-state index contributed by atoms with van der Waals surface area (Å²) >= 11 is 0. The number of anilines is 1. The highest BCUT2D eigenvalue weighted by molar-refractivity contribution is 5.99. The SMILES string of the molecule is C[C@H](OC(=O)[C@@H]1CCCN1C(=O)C12CC3CC(CC(C3)C1)C2)C(=O)N1CCCc2ccccc21. The van der Waals surface area contributed by atoms with Gasteiger partial charge in [0.25, 0.3) is 5.91 Å². The molecule has 1 aromatic carbocycles. The molecule has 0 N–H and O–H groups in total. The third kappa shape index (κ3) is 3.64. The average Bonchev–Trinajstić information content (AvgIpc) is 3.32. The van der Waals surface area contributed by atoms with Gasteiger partial charge in [-0.15, -0.1) is 0 Å². The van der Waals surface area contributed by atoms with Crippen molar-refractivity contribution < 1.29 is 19.1 Å².